The van der Waals surface area contributed by atoms with Crippen molar-refractivity contribution in [1.29, 1.82) is 0 Å². The summed E-state index contributed by atoms with van der Waals surface area (Å²) >= 11 is 0. The van der Waals surface area contributed by atoms with Gasteiger partial charge in [-0.25, -0.2) is 14.2 Å². The van der Waals surface area contributed by atoms with Gasteiger partial charge < -0.3 is 26.2 Å². The molecule has 0 spiro atoms. The predicted molar refractivity (Wildman–Crippen MR) is 521 cm³/mol. The van der Waals surface area contributed by atoms with E-state index in [-0.39, 0.29) is 114 Å². The van der Waals surface area contributed by atoms with Crippen LogP contribution < -0.4 is 32.5 Å². The van der Waals surface area contributed by atoms with Crippen LogP contribution in [0.5, 0.6) is 0 Å². The lowest BCUT2D eigenvalue weighted by Gasteiger charge is -2.31. The fourth-order valence-electron chi connectivity index (χ4n) is 18.3. The predicted octanol–water partition coefficient (Wildman–Crippen LogP) is 16.3. The summed E-state index contributed by atoms with van der Waals surface area (Å²) in [6.07, 6.45) is 11.6. The average Bonchev–Trinajstić information content (AvgIpc) is 1.48. The van der Waals surface area contributed by atoms with E-state index in [1.807, 2.05) is 117 Å². The fourth-order valence-corrected chi connectivity index (χ4v) is 18.3. The summed E-state index contributed by atoms with van der Waals surface area (Å²) in [5.41, 5.74) is 15.7. The molecule has 7 unspecified atom stereocenters. The zero-order chi connectivity index (χ0) is 99.3. The van der Waals surface area contributed by atoms with Gasteiger partial charge >= 0.3 is 5.69 Å². The Morgan fingerprint density at radius 3 is 1.33 bits per heavy atom. The lowest BCUT2D eigenvalue weighted by molar-refractivity contribution is -0.126. The molecule has 10 aliphatic rings. The quantitative estimate of drug-likeness (QED) is 0.0851. The zero-order valence-electron chi connectivity index (χ0n) is 81.6. The van der Waals surface area contributed by atoms with Crippen LogP contribution in [0.4, 0.5) is 0 Å². The third-order valence-corrected chi connectivity index (χ3v) is 26.3. The molecule has 0 bridgehead atoms. The highest BCUT2D eigenvalue weighted by Gasteiger charge is 2.49. The van der Waals surface area contributed by atoms with Crippen LogP contribution >= 0.6 is 0 Å². The number of ketones is 3. The third-order valence-electron chi connectivity index (χ3n) is 26.3. The molecule has 4 N–H and O–H groups in total. The maximum atomic E-state index is 12.9. The van der Waals surface area contributed by atoms with Gasteiger partial charge in [0.1, 0.15) is 42.0 Å². The Morgan fingerprint density at radius 1 is 0.385 bits per heavy atom. The second-order valence-corrected chi connectivity index (χ2v) is 42.9. The molecule has 27 nitrogen and oxygen atoms in total. The molecule has 5 aromatic carbocycles. The SMILES string of the molecule is C=C1CCC(C2N=Cc3cc(C(C)(C)C)ccc3C2=O)C(=O)C1.C=C1CCC(N2C(=O)c3ccc(C(C)(C)C)cc3C2=O)C(=O)N1.C=C1CCC(N2C(=O)c3cccc(C(C)(C)C)c3C2=O)C(=O)N1.C=C1CCC(N2Cc3c(cccc3C(C)(C)C)C2=O)C(=O)N1.C=C1CCC(n2nc(-c3ccc(C(C)(C)C)cc3)n(C)c2=O)C(=O)N1.C=C1CCC(n2ncc(C(C)(C)C)cc2=O)C(=O)C1. The topological polar surface area (TPSA) is 350 Å². The molecule has 135 heavy (non-hydrogen) atoms. The Kier molecular flexibility index (Phi) is 29.0. The molecule has 7 atom stereocenters. The molecule has 2 aliphatic carbocycles. The van der Waals surface area contributed by atoms with Gasteiger partial charge in [-0.15, -0.1) is 5.10 Å². The van der Waals surface area contributed by atoms with Crippen molar-refractivity contribution in [2.24, 2.45) is 18.0 Å². The highest BCUT2D eigenvalue weighted by molar-refractivity contribution is 6.24. The van der Waals surface area contributed by atoms with Crippen molar-refractivity contribution in [3.8, 4) is 11.4 Å². The van der Waals surface area contributed by atoms with Crippen molar-refractivity contribution in [2.75, 3.05) is 0 Å². The van der Waals surface area contributed by atoms with Crippen LogP contribution in [-0.2, 0) is 74.8 Å². The van der Waals surface area contributed by atoms with Crippen molar-refractivity contribution in [3.63, 3.8) is 0 Å². The first-order valence-corrected chi connectivity index (χ1v) is 46.3. The number of nitrogens with one attached hydrogen (secondary N) is 4. The number of carbonyl (C=O) groups excluding carboxylic acids is 12. The molecule has 27 heteroatoms. The summed E-state index contributed by atoms with van der Waals surface area (Å²) in [5.74, 6) is -2.21. The van der Waals surface area contributed by atoms with E-state index >= 15 is 0 Å². The van der Waals surface area contributed by atoms with E-state index in [9.17, 15) is 67.1 Å². The van der Waals surface area contributed by atoms with Crippen LogP contribution in [0.15, 0.2) is 197 Å². The highest BCUT2D eigenvalue weighted by Crippen LogP contribution is 2.41. The number of aliphatic imine (C=N–C) groups is 1. The molecule has 8 aliphatic heterocycles. The fraction of sp³-hybridized carbons (Fsp3) is 0.435. The molecule has 7 aromatic rings. The Balaban J connectivity index is 0.000000146. The number of carbonyl (C=O) groups is 12. The van der Waals surface area contributed by atoms with Gasteiger partial charge in [0.15, 0.2) is 17.4 Å². The van der Waals surface area contributed by atoms with Gasteiger partial charge in [0.25, 0.3) is 35.1 Å². The Morgan fingerprint density at radius 2 is 0.830 bits per heavy atom. The highest BCUT2D eigenvalue weighted by atomic mass is 16.2. The van der Waals surface area contributed by atoms with E-state index in [4.69, 9.17) is 0 Å². The first kappa shape index (κ1) is 101. The molecule has 6 fully saturated rings. The Hall–Kier alpha value is -13.3. The largest absolute Gasteiger partial charge is 0.346 e. The molecule has 10 heterocycles. The standard InChI is InChI=1S/C20H23NO2.C19H24N4O2.2C18H20N2O3.C18H22N2O2.C15H20N2O2/c1-12-5-7-16(17(22)9-12)18-19(23)15-8-6-14(20(2,3)4)10-13(15)11-21-18;1-12-6-11-15(17(24)20-12)23-18(25)22(5)16(21-23)13-7-9-14(10-8-13)19(2,3)4;1-10-5-8-14(15(21)19-10)20-16(22)12-7-6-11(18(2,3)4)9-13(12)17(20)23;1-10-8-9-13(15(21)19-10)20-16(22)11-6-5-7-12(18(2,3)4)14(11)17(20)23;1-11-8-9-15(16(21)19-11)20-10-13-12(17(20)22)6-5-7-14(13)18(2,3)4;1-10-5-6-12(13(18)7-10)17-14(19)8-11(9-16-17)15(2,3)4/h6,8,10-11,16,18H,1,5,7,9H2,2-4H3;7-10,15H,1,6,11H2,2-5H3,(H,20,24);6-7,9,14H,1,5,8H2,2-4H3,(H,19,21);5-7,13H,1,8-9H2,2-4H3,(H,19,21);5-7,15H,1,8-10H2,2-4H3,(H,19,21);8-9,12H,1,5-7H2,2-4H3. The van der Waals surface area contributed by atoms with E-state index in [0.717, 1.165) is 84.8 Å². The number of aromatic nitrogens is 5. The van der Waals surface area contributed by atoms with Gasteiger partial charge in [-0.2, -0.15) is 5.10 Å². The molecular formula is C108H129N13O14. The minimum Gasteiger partial charge on any atom is -0.329 e. The first-order chi connectivity index (χ1) is 62.9. The monoisotopic (exact) mass is 1830 g/mol. The van der Waals surface area contributed by atoms with E-state index in [2.05, 4.69) is 156 Å². The number of nitrogens with zero attached hydrogens (tertiary/aromatic N) is 9. The molecule has 2 aromatic heterocycles. The third kappa shape index (κ3) is 21.9. The van der Waals surface area contributed by atoms with Crippen molar-refractivity contribution >= 4 is 76.7 Å². The molecule has 9 amide bonds. The van der Waals surface area contributed by atoms with Crippen molar-refractivity contribution in [3.05, 3.63) is 281 Å². The van der Waals surface area contributed by atoms with Crippen LogP contribution in [0.2, 0.25) is 0 Å². The van der Waals surface area contributed by atoms with Gasteiger partial charge in [-0.05, 0) is 179 Å². The number of hydrogen-bond donors (Lipinski definition) is 4. The van der Waals surface area contributed by atoms with E-state index in [0.29, 0.717) is 128 Å². The van der Waals surface area contributed by atoms with Crippen molar-refractivity contribution in [2.45, 2.75) is 290 Å². The summed E-state index contributed by atoms with van der Waals surface area (Å²) < 4.78 is 4.10. The number of piperidine rings is 4. The summed E-state index contributed by atoms with van der Waals surface area (Å²) in [5, 5.41) is 19.4. The summed E-state index contributed by atoms with van der Waals surface area (Å²) in [7, 11) is 1.68. The maximum absolute atomic E-state index is 12.9. The molecule has 4 saturated heterocycles. The van der Waals surface area contributed by atoms with Crippen LogP contribution in [0.25, 0.3) is 11.4 Å². The summed E-state index contributed by atoms with van der Waals surface area (Å²) in [4.78, 5) is 183. The molecule has 710 valence electrons. The molecular weight excluding hydrogens is 1700 g/mol. The van der Waals surface area contributed by atoms with Gasteiger partial charge in [-0.3, -0.25) is 81.7 Å². The Bertz CT molecular complexity index is 6260. The number of imide groups is 2. The average molecular weight is 1830 g/mol. The van der Waals surface area contributed by atoms with Crippen LogP contribution in [-0.4, -0.2) is 140 Å². The van der Waals surface area contributed by atoms with Gasteiger partial charge in [0.05, 0.1) is 28.5 Å². The number of rotatable bonds is 7. The van der Waals surface area contributed by atoms with Gasteiger partial charge in [0, 0.05) is 89.7 Å². The van der Waals surface area contributed by atoms with Crippen LogP contribution in [0.3, 0.4) is 0 Å². The van der Waals surface area contributed by atoms with E-state index in [1.165, 1.54) is 30.6 Å². The van der Waals surface area contributed by atoms with Crippen LogP contribution in [0, 0.1) is 5.92 Å². The maximum Gasteiger partial charge on any atom is 0.346 e. The Labute approximate surface area is 790 Å². The minimum absolute atomic E-state index is 0.0196. The van der Waals surface area contributed by atoms with E-state index < -0.39 is 42.2 Å². The number of benzene rings is 5. The van der Waals surface area contributed by atoms with Gasteiger partial charge in [0.2, 0.25) is 23.6 Å². The lowest BCUT2D eigenvalue weighted by atomic mass is 9.77. The number of allylic oxidation sites excluding steroid dienone is 6. The number of hydrogen-bond acceptors (Lipinski definition) is 17. The van der Waals surface area contributed by atoms with Gasteiger partial charge in [-0.1, -0.05) is 242 Å². The lowest BCUT2D eigenvalue weighted by Crippen LogP contribution is -2.51. The van der Waals surface area contributed by atoms with Crippen molar-refractivity contribution in [1.82, 2.24) is 60.1 Å². The van der Waals surface area contributed by atoms with Crippen molar-refractivity contribution < 1.29 is 57.5 Å². The molecule has 2 saturated carbocycles. The second-order valence-electron chi connectivity index (χ2n) is 42.9. The molecule has 17 rings (SSSR count). The molecule has 0 radical (unpaired) electrons. The number of amides is 9. The van der Waals surface area contributed by atoms with Crippen LogP contribution in [0.1, 0.15) is 333 Å². The second kappa shape index (κ2) is 38.9. The zero-order valence-corrected chi connectivity index (χ0v) is 81.6. The summed E-state index contributed by atoms with van der Waals surface area (Å²) in [6.45, 7) is 60.8. The first-order valence-electron chi connectivity index (χ1n) is 46.3. The number of Topliss-reactive ketones (excluding diaryl/α,β-unsaturated/α-hetero) is 3. The smallest absolute Gasteiger partial charge is 0.329 e. The van der Waals surface area contributed by atoms with E-state index in [1.54, 1.807) is 54.7 Å². The minimum atomic E-state index is -0.763. The summed E-state index contributed by atoms with van der Waals surface area (Å²) in [6, 6.07) is 28.6. The normalized spacial score (nSPS) is 21.4. The number of fused-ring (bicyclic) bond motifs is 4.